The van der Waals surface area contributed by atoms with Gasteiger partial charge in [0.25, 0.3) is 0 Å². The average molecular weight is 231 g/mol. The lowest BCUT2D eigenvalue weighted by Crippen LogP contribution is -2.27. The van der Waals surface area contributed by atoms with Gasteiger partial charge in [0.1, 0.15) is 0 Å². The van der Waals surface area contributed by atoms with Crippen LogP contribution in [0.2, 0.25) is 0 Å². The minimum absolute atomic E-state index is 0.865. The second kappa shape index (κ2) is 4.65. The molecule has 3 nitrogen and oxygen atoms in total. The van der Waals surface area contributed by atoms with E-state index in [1.165, 1.54) is 25.1 Å². The Morgan fingerprint density at radius 2 is 2.35 bits per heavy atom. The van der Waals surface area contributed by atoms with Crippen LogP contribution in [0, 0.1) is 17.8 Å². The number of allylic oxidation sites excluding steroid dienone is 2. The van der Waals surface area contributed by atoms with Gasteiger partial charge < -0.3 is 5.32 Å². The number of hydrogen-bond acceptors (Lipinski definition) is 2. The molecule has 0 amide bonds. The molecule has 92 valence electrons. The van der Waals surface area contributed by atoms with Gasteiger partial charge in [-0.3, -0.25) is 4.68 Å². The predicted molar refractivity (Wildman–Crippen MR) is 68.6 cm³/mol. The summed E-state index contributed by atoms with van der Waals surface area (Å²) in [5, 5.41) is 7.79. The number of nitrogens with zero attached hydrogens (tertiary/aromatic N) is 2. The van der Waals surface area contributed by atoms with Crippen molar-refractivity contribution >= 4 is 0 Å². The molecule has 1 fully saturated rings. The molecule has 3 unspecified atom stereocenters. The molecule has 1 aromatic rings. The molecule has 1 saturated carbocycles. The van der Waals surface area contributed by atoms with Gasteiger partial charge in [-0.15, -0.1) is 0 Å². The molecule has 0 aliphatic heterocycles. The van der Waals surface area contributed by atoms with Gasteiger partial charge in [-0.1, -0.05) is 12.2 Å². The Morgan fingerprint density at radius 3 is 3.00 bits per heavy atom. The monoisotopic (exact) mass is 231 g/mol. The maximum Gasteiger partial charge on any atom is 0.0492 e. The van der Waals surface area contributed by atoms with Gasteiger partial charge in [0.2, 0.25) is 0 Å². The minimum atomic E-state index is 0.865. The first-order valence-electron chi connectivity index (χ1n) is 6.69. The molecule has 2 bridgehead atoms. The van der Waals surface area contributed by atoms with Crippen LogP contribution in [0.3, 0.4) is 0 Å². The molecule has 0 aromatic carbocycles. The Labute approximate surface area is 103 Å². The maximum absolute atomic E-state index is 4.18. The smallest absolute Gasteiger partial charge is 0.0492 e. The van der Waals surface area contributed by atoms with Crippen LogP contribution in [0.4, 0.5) is 0 Å². The van der Waals surface area contributed by atoms with Gasteiger partial charge in [-0.25, -0.2) is 0 Å². The predicted octanol–water partition coefficient (Wildman–Crippen LogP) is 1.76. The van der Waals surface area contributed by atoms with Crippen LogP contribution < -0.4 is 5.32 Å². The van der Waals surface area contributed by atoms with Gasteiger partial charge in [0, 0.05) is 31.9 Å². The molecule has 0 saturated heterocycles. The third-order valence-corrected chi connectivity index (χ3v) is 4.30. The van der Waals surface area contributed by atoms with Crippen molar-refractivity contribution in [3.63, 3.8) is 0 Å². The van der Waals surface area contributed by atoms with E-state index in [-0.39, 0.29) is 0 Å². The third-order valence-electron chi connectivity index (χ3n) is 4.30. The molecule has 2 aliphatic rings. The summed E-state index contributed by atoms with van der Waals surface area (Å²) < 4.78 is 1.96. The SMILES string of the molecule is Cn1nccc1CCNCC1CC2C=CC1C2. The van der Waals surface area contributed by atoms with Crippen LogP contribution in [0.25, 0.3) is 0 Å². The first kappa shape index (κ1) is 11.0. The molecule has 1 N–H and O–H groups in total. The Kier molecular flexibility index (Phi) is 3.02. The van der Waals surface area contributed by atoms with Crippen LogP contribution in [-0.4, -0.2) is 22.9 Å². The van der Waals surface area contributed by atoms with Gasteiger partial charge in [0.05, 0.1) is 0 Å². The molecule has 2 aliphatic carbocycles. The van der Waals surface area contributed by atoms with Crippen LogP contribution in [0.1, 0.15) is 18.5 Å². The summed E-state index contributed by atoms with van der Waals surface area (Å²) in [6.45, 7) is 2.25. The molecule has 3 rings (SSSR count). The zero-order chi connectivity index (χ0) is 11.7. The molecule has 3 atom stereocenters. The summed E-state index contributed by atoms with van der Waals surface area (Å²) in [5.41, 5.74) is 1.31. The van der Waals surface area contributed by atoms with E-state index in [1.807, 2.05) is 17.9 Å². The van der Waals surface area contributed by atoms with E-state index in [0.717, 1.165) is 30.7 Å². The Morgan fingerprint density at radius 1 is 1.41 bits per heavy atom. The number of aryl methyl sites for hydroxylation is 1. The topological polar surface area (TPSA) is 29.9 Å². The Bertz CT molecular complexity index is 407. The lowest BCUT2D eigenvalue weighted by Gasteiger charge is -2.18. The van der Waals surface area contributed by atoms with Crippen molar-refractivity contribution in [3.8, 4) is 0 Å². The van der Waals surface area contributed by atoms with E-state index in [4.69, 9.17) is 0 Å². The highest BCUT2D eigenvalue weighted by Crippen LogP contribution is 2.42. The van der Waals surface area contributed by atoms with Crippen LogP contribution in [-0.2, 0) is 13.5 Å². The summed E-state index contributed by atoms with van der Waals surface area (Å²) in [6.07, 6.45) is 10.6. The lowest BCUT2D eigenvalue weighted by atomic mass is 9.93. The first-order chi connectivity index (χ1) is 8.33. The van der Waals surface area contributed by atoms with E-state index < -0.39 is 0 Å². The number of rotatable bonds is 5. The first-order valence-corrected chi connectivity index (χ1v) is 6.69. The highest BCUT2D eigenvalue weighted by Gasteiger charge is 2.34. The maximum atomic E-state index is 4.18. The van der Waals surface area contributed by atoms with Crippen molar-refractivity contribution in [1.82, 2.24) is 15.1 Å². The van der Waals surface area contributed by atoms with Crippen molar-refractivity contribution in [3.05, 3.63) is 30.1 Å². The fourth-order valence-electron chi connectivity index (χ4n) is 3.28. The molecule has 17 heavy (non-hydrogen) atoms. The van der Waals surface area contributed by atoms with Gasteiger partial charge >= 0.3 is 0 Å². The number of nitrogens with one attached hydrogen (secondary N) is 1. The molecular weight excluding hydrogens is 210 g/mol. The summed E-state index contributed by atoms with van der Waals surface area (Å²) in [6, 6.07) is 2.10. The number of hydrogen-bond donors (Lipinski definition) is 1. The third kappa shape index (κ3) is 2.29. The van der Waals surface area contributed by atoms with Crippen molar-refractivity contribution in [1.29, 1.82) is 0 Å². The van der Waals surface area contributed by atoms with E-state index in [1.54, 1.807) is 0 Å². The van der Waals surface area contributed by atoms with Gasteiger partial charge in [-0.05, 0) is 43.2 Å². The van der Waals surface area contributed by atoms with Crippen LogP contribution in [0.15, 0.2) is 24.4 Å². The number of fused-ring (bicyclic) bond motifs is 2. The zero-order valence-electron chi connectivity index (χ0n) is 10.5. The molecular formula is C14H21N3. The lowest BCUT2D eigenvalue weighted by molar-refractivity contribution is 0.415. The summed E-state index contributed by atoms with van der Waals surface area (Å²) in [7, 11) is 2.01. The second-order valence-corrected chi connectivity index (χ2v) is 5.44. The van der Waals surface area contributed by atoms with E-state index >= 15 is 0 Å². The standard InChI is InChI=1S/C14H21N3/c1-17-14(5-7-16-17)4-6-15-10-13-9-11-2-3-12(13)8-11/h2-3,5,7,11-13,15H,4,6,8-10H2,1H3. The summed E-state index contributed by atoms with van der Waals surface area (Å²) in [5.74, 6) is 2.64. The molecule has 1 heterocycles. The van der Waals surface area contributed by atoms with Crippen molar-refractivity contribution in [2.45, 2.75) is 19.3 Å². The van der Waals surface area contributed by atoms with Crippen molar-refractivity contribution in [2.24, 2.45) is 24.8 Å². The van der Waals surface area contributed by atoms with Crippen molar-refractivity contribution < 1.29 is 0 Å². The largest absolute Gasteiger partial charge is 0.316 e. The van der Waals surface area contributed by atoms with Gasteiger partial charge in [0.15, 0.2) is 0 Å². The van der Waals surface area contributed by atoms with E-state index in [9.17, 15) is 0 Å². The quantitative estimate of drug-likeness (QED) is 0.618. The molecule has 0 spiro atoms. The summed E-state index contributed by atoms with van der Waals surface area (Å²) in [4.78, 5) is 0. The number of aromatic nitrogens is 2. The average Bonchev–Trinajstić information content (AvgIpc) is 3.01. The minimum Gasteiger partial charge on any atom is -0.316 e. The second-order valence-electron chi connectivity index (χ2n) is 5.44. The van der Waals surface area contributed by atoms with Crippen LogP contribution in [0.5, 0.6) is 0 Å². The van der Waals surface area contributed by atoms with E-state index in [0.29, 0.717) is 0 Å². The van der Waals surface area contributed by atoms with E-state index in [2.05, 4.69) is 28.6 Å². The zero-order valence-corrected chi connectivity index (χ0v) is 10.5. The summed E-state index contributed by atoms with van der Waals surface area (Å²) >= 11 is 0. The van der Waals surface area contributed by atoms with Gasteiger partial charge in [-0.2, -0.15) is 5.10 Å². The fraction of sp³-hybridized carbons (Fsp3) is 0.643. The normalized spacial score (nSPS) is 30.3. The molecule has 1 aromatic heterocycles. The molecule has 0 radical (unpaired) electrons. The Balaban J connectivity index is 1.39. The fourth-order valence-corrected chi connectivity index (χ4v) is 3.28. The Hall–Kier alpha value is -1.09. The molecule has 3 heteroatoms. The highest BCUT2D eigenvalue weighted by molar-refractivity contribution is 5.10. The highest BCUT2D eigenvalue weighted by atomic mass is 15.3. The van der Waals surface area contributed by atoms with Crippen LogP contribution >= 0.6 is 0 Å². The van der Waals surface area contributed by atoms with Crippen molar-refractivity contribution in [2.75, 3.05) is 13.1 Å².